The molecule has 2 aliphatic carbocycles. The van der Waals surface area contributed by atoms with Gasteiger partial charge in [0, 0.05) is 37.3 Å². The summed E-state index contributed by atoms with van der Waals surface area (Å²) in [4.78, 5) is 11.5. The van der Waals surface area contributed by atoms with E-state index < -0.39 is 10.0 Å². The van der Waals surface area contributed by atoms with Crippen molar-refractivity contribution in [3.05, 3.63) is 18.1 Å². The van der Waals surface area contributed by atoms with E-state index in [0.717, 1.165) is 63.3 Å². The van der Waals surface area contributed by atoms with Gasteiger partial charge in [0.25, 0.3) is 0 Å². The van der Waals surface area contributed by atoms with Crippen molar-refractivity contribution in [3.63, 3.8) is 0 Å². The summed E-state index contributed by atoms with van der Waals surface area (Å²) in [6.07, 6.45) is 11.7. The first-order valence-electron chi connectivity index (χ1n) is 9.59. The molecule has 138 valence electrons. The van der Waals surface area contributed by atoms with E-state index >= 15 is 0 Å². The lowest BCUT2D eigenvalue weighted by Crippen LogP contribution is -2.49. The Morgan fingerprint density at radius 1 is 1.04 bits per heavy atom. The summed E-state index contributed by atoms with van der Waals surface area (Å²) in [5, 5.41) is 0. The summed E-state index contributed by atoms with van der Waals surface area (Å²) in [7, 11) is -3.14. The zero-order chi connectivity index (χ0) is 17.4. The number of aromatic nitrogens is 2. The minimum Gasteiger partial charge on any atom is -0.356 e. The maximum atomic E-state index is 12.3. The molecule has 25 heavy (non-hydrogen) atoms. The normalized spacial score (nSPS) is 25.7. The standard InChI is InChI=1S/C18H28N4O2S/c1-25(23,24)22(15-4-2-5-15)16-6-3-12-21(13-10-16)17-9-11-19-18(20-17)14-7-8-14/h9,11,14-16H,2-8,10,12-13H2,1H3/t16-/m0/s1. The molecule has 1 atom stereocenters. The van der Waals surface area contributed by atoms with E-state index in [0.29, 0.717) is 5.92 Å². The van der Waals surface area contributed by atoms with Crippen LogP contribution in [0.2, 0.25) is 0 Å². The second kappa shape index (κ2) is 6.83. The van der Waals surface area contributed by atoms with Crippen LogP contribution in [-0.4, -0.2) is 54.1 Å². The average Bonchev–Trinajstić information content (AvgIpc) is 3.36. The highest BCUT2D eigenvalue weighted by Crippen LogP contribution is 2.38. The third-order valence-corrected chi connectivity index (χ3v) is 7.16. The highest BCUT2D eigenvalue weighted by Gasteiger charge is 2.37. The summed E-state index contributed by atoms with van der Waals surface area (Å²) in [6.45, 7) is 1.81. The van der Waals surface area contributed by atoms with Gasteiger partial charge in [-0.3, -0.25) is 0 Å². The van der Waals surface area contributed by atoms with Crippen LogP contribution in [0.1, 0.15) is 63.1 Å². The Bertz CT molecular complexity index is 716. The molecule has 0 unspecified atom stereocenters. The number of sulfonamides is 1. The molecule has 3 aliphatic rings. The minimum absolute atomic E-state index is 0.134. The van der Waals surface area contributed by atoms with Crippen molar-refractivity contribution in [1.82, 2.24) is 14.3 Å². The summed E-state index contributed by atoms with van der Waals surface area (Å²) in [5.74, 6) is 2.54. The van der Waals surface area contributed by atoms with Crippen LogP contribution in [0.25, 0.3) is 0 Å². The lowest BCUT2D eigenvalue weighted by Gasteiger charge is -2.40. The van der Waals surface area contributed by atoms with Crippen LogP contribution in [0.5, 0.6) is 0 Å². The second-order valence-electron chi connectivity index (χ2n) is 7.80. The smallest absolute Gasteiger partial charge is 0.211 e. The largest absolute Gasteiger partial charge is 0.356 e. The van der Waals surface area contributed by atoms with Crippen LogP contribution in [0.3, 0.4) is 0 Å². The topological polar surface area (TPSA) is 66.4 Å². The SMILES string of the molecule is CS(=O)(=O)N(C1CCC1)[C@H]1CCCN(c2ccnc(C3CC3)n2)CC1. The van der Waals surface area contributed by atoms with Crippen molar-refractivity contribution in [2.75, 3.05) is 24.2 Å². The number of rotatable bonds is 5. The van der Waals surface area contributed by atoms with Gasteiger partial charge >= 0.3 is 0 Å². The Kier molecular flexibility index (Phi) is 4.71. The van der Waals surface area contributed by atoms with Gasteiger partial charge in [-0.15, -0.1) is 0 Å². The fourth-order valence-electron chi connectivity index (χ4n) is 4.12. The predicted octanol–water partition coefficient (Wildman–Crippen LogP) is 2.53. The molecule has 7 heteroatoms. The van der Waals surface area contributed by atoms with E-state index in [1.807, 2.05) is 16.6 Å². The molecule has 0 aromatic carbocycles. The summed E-state index contributed by atoms with van der Waals surface area (Å²) >= 11 is 0. The van der Waals surface area contributed by atoms with Crippen LogP contribution in [0.4, 0.5) is 5.82 Å². The fraction of sp³-hybridized carbons (Fsp3) is 0.778. The molecule has 0 amide bonds. The van der Waals surface area contributed by atoms with E-state index in [2.05, 4.69) is 9.88 Å². The van der Waals surface area contributed by atoms with Gasteiger partial charge < -0.3 is 4.90 Å². The number of anilines is 1. The maximum absolute atomic E-state index is 12.3. The average molecular weight is 365 g/mol. The molecule has 1 aromatic rings. The third-order valence-electron chi connectivity index (χ3n) is 5.80. The van der Waals surface area contributed by atoms with E-state index in [1.54, 1.807) is 0 Å². The molecule has 0 N–H and O–H groups in total. The van der Waals surface area contributed by atoms with Crippen LogP contribution in [0.15, 0.2) is 12.3 Å². The van der Waals surface area contributed by atoms with Crippen LogP contribution >= 0.6 is 0 Å². The zero-order valence-corrected chi connectivity index (χ0v) is 15.8. The molecule has 1 aliphatic heterocycles. The van der Waals surface area contributed by atoms with Crippen LogP contribution < -0.4 is 4.90 Å². The van der Waals surface area contributed by atoms with Crippen molar-refractivity contribution < 1.29 is 8.42 Å². The van der Waals surface area contributed by atoms with Gasteiger partial charge in [0.2, 0.25) is 10.0 Å². The van der Waals surface area contributed by atoms with Gasteiger partial charge in [-0.1, -0.05) is 6.42 Å². The highest BCUT2D eigenvalue weighted by molar-refractivity contribution is 7.88. The van der Waals surface area contributed by atoms with Crippen molar-refractivity contribution in [2.24, 2.45) is 0 Å². The Labute approximate surface area is 150 Å². The first-order valence-corrected chi connectivity index (χ1v) is 11.4. The van der Waals surface area contributed by atoms with Gasteiger partial charge in [0.15, 0.2) is 0 Å². The zero-order valence-electron chi connectivity index (χ0n) is 15.0. The summed E-state index contributed by atoms with van der Waals surface area (Å²) < 4.78 is 26.5. The Morgan fingerprint density at radius 3 is 2.40 bits per heavy atom. The van der Waals surface area contributed by atoms with Crippen molar-refractivity contribution in [1.29, 1.82) is 0 Å². The molecular weight excluding hydrogens is 336 g/mol. The summed E-state index contributed by atoms with van der Waals surface area (Å²) in [6, 6.07) is 2.36. The number of hydrogen-bond acceptors (Lipinski definition) is 5. The van der Waals surface area contributed by atoms with Crippen molar-refractivity contribution in [3.8, 4) is 0 Å². The Hall–Kier alpha value is -1.21. The maximum Gasteiger partial charge on any atom is 0.211 e. The van der Waals surface area contributed by atoms with Crippen molar-refractivity contribution >= 4 is 15.8 Å². The molecule has 3 fully saturated rings. The lowest BCUT2D eigenvalue weighted by atomic mass is 9.91. The van der Waals surface area contributed by atoms with E-state index in [4.69, 9.17) is 4.98 Å². The summed E-state index contributed by atoms with van der Waals surface area (Å²) in [5.41, 5.74) is 0. The van der Waals surface area contributed by atoms with Gasteiger partial charge in [-0.05, 0) is 51.0 Å². The van der Waals surface area contributed by atoms with Gasteiger partial charge in [0.1, 0.15) is 11.6 Å². The van der Waals surface area contributed by atoms with Crippen LogP contribution in [0, 0.1) is 0 Å². The Balaban J connectivity index is 1.47. The number of nitrogens with zero attached hydrogens (tertiary/aromatic N) is 4. The Morgan fingerprint density at radius 2 is 1.76 bits per heavy atom. The van der Waals surface area contributed by atoms with Gasteiger partial charge in [-0.25, -0.2) is 18.4 Å². The molecule has 6 nitrogen and oxygen atoms in total. The lowest BCUT2D eigenvalue weighted by molar-refractivity contribution is 0.164. The molecular formula is C18H28N4O2S. The molecule has 4 rings (SSSR count). The third kappa shape index (κ3) is 3.82. The van der Waals surface area contributed by atoms with Crippen LogP contribution in [-0.2, 0) is 10.0 Å². The predicted molar refractivity (Wildman–Crippen MR) is 98.2 cm³/mol. The van der Waals surface area contributed by atoms with Crippen molar-refractivity contribution in [2.45, 2.75) is 69.4 Å². The first-order chi connectivity index (χ1) is 12.0. The molecule has 0 radical (unpaired) electrons. The van der Waals surface area contributed by atoms with E-state index in [9.17, 15) is 8.42 Å². The molecule has 2 saturated carbocycles. The van der Waals surface area contributed by atoms with Gasteiger partial charge in [0.05, 0.1) is 6.26 Å². The molecule has 1 aromatic heterocycles. The minimum atomic E-state index is -3.14. The number of hydrogen-bond donors (Lipinski definition) is 0. The monoisotopic (exact) mass is 364 g/mol. The highest BCUT2D eigenvalue weighted by atomic mass is 32.2. The van der Waals surface area contributed by atoms with Gasteiger partial charge in [-0.2, -0.15) is 4.31 Å². The first kappa shape index (κ1) is 17.2. The second-order valence-corrected chi connectivity index (χ2v) is 9.68. The molecule has 1 saturated heterocycles. The molecule has 2 heterocycles. The van der Waals surface area contributed by atoms with E-state index in [-0.39, 0.29) is 12.1 Å². The molecule has 0 spiro atoms. The van der Waals surface area contributed by atoms with E-state index in [1.165, 1.54) is 19.1 Å². The molecule has 0 bridgehead atoms. The quantitative estimate of drug-likeness (QED) is 0.803. The fourth-order valence-corrected chi connectivity index (χ4v) is 5.63.